The Morgan fingerprint density at radius 2 is 2.00 bits per heavy atom. The van der Waals surface area contributed by atoms with E-state index in [1.165, 1.54) is 5.56 Å². The Kier molecular flexibility index (Phi) is 4.75. The first-order valence-electron chi connectivity index (χ1n) is 7.28. The van der Waals surface area contributed by atoms with E-state index in [9.17, 15) is 0 Å². The van der Waals surface area contributed by atoms with Gasteiger partial charge in [-0.3, -0.25) is 0 Å². The van der Waals surface area contributed by atoms with Gasteiger partial charge < -0.3 is 5.73 Å². The minimum absolute atomic E-state index is 0.121. The standard InChI is InChI=1S/C15H19N5S2/c1-10(2)8-12(16)13-17-18-14-20(13)19-15(22-14)21-9-11-6-4-3-5-7-11/h3-7,10,12H,8-9,16H2,1-2H3. The van der Waals surface area contributed by atoms with Crippen molar-refractivity contribution in [3.8, 4) is 0 Å². The van der Waals surface area contributed by atoms with E-state index in [2.05, 4.69) is 53.4 Å². The molecule has 1 atom stereocenters. The van der Waals surface area contributed by atoms with E-state index < -0.39 is 0 Å². The van der Waals surface area contributed by atoms with Gasteiger partial charge in [0.05, 0.1) is 6.04 Å². The molecular weight excluding hydrogens is 314 g/mol. The first kappa shape index (κ1) is 15.5. The molecule has 0 aliphatic heterocycles. The first-order chi connectivity index (χ1) is 10.6. The number of nitrogens with zero attached hydrogens (tertiary/aromatic N) is 4. The predicted octanol–water partition coefficient (Wildman–Crippen LogP) is 3.52. The van der Waals surface area contributed by atoms with Gasteiger partial charge >= 0.3 is 0 Å². The van der Waals surface area contributed by atoms with Gasteiger partial charge in [0, 0.05) is 5.75 Å². The van der Waals surface area contributed by atoms with Crippen LogP contribution in [0.15, 0.2) is 34.7 Å². The summed E-state index contributed by atoms with van der Waals surface area (Å²) in [6, 6.07) is 10.3. The fourth-order valence-electron chi connectivity index (χ4n) is 2.24. The summed E-state index contributed by atoms with van der Waals surface area (Å²) in [5.41, 5.74) is 7.50. The molecular formula is C15H19N5S2. The Balaban J connectivity index is 1.74. The van der Waals surface area contributed by atoms with Gasteiger partial charge in [0.15, 0.2) is 10.2 Å². The number of thioether (sulfide) groups is 1. The highest BCUT2D eigenvalue weighted by molar-refractivity contribution is 8.00. The Labute approximate surface area is 137 Å². The molecule has 0 saturated heterocycles. The van der Waals surface area contributed by atoms with Gasteiger partial charge in [-0.25, -0.2) is 0 Å². The molecule has 0 bridgehead atoms. The molecule has 3 aromatic rings. The maximum atomic E-state index is 6.22. The molecule has 7 heteroatoms. The zero-order valence-corrected chi connectivity index (χ0v) is 14.3. The summed E-state index contributed by atoms with van der Waals surface area (Å²) in [6.07, 6.45) is 0.880. The summed E-state index contributed by atoms with van der Waals surface area (Å²) in [5, 5.41) is 13.0. The average Bonchev–Trinajstić information content (AvgIpc) is 3.05. The van der Waals surface area contributed by atoms with Crippen LogP contribution >= 0.6 is 23.1 Å². The molecule has 0 fully saturated rings. The Morgan fingerprint density at radius 1 is 1.23 bits per heavy atom. The lowest BCUT2D eigenvalue weighted by Crippen LogP contribution is -2.16. The normalized spacial score (nSPS) is 13.1. The van der Waals surface area contributed by atoms with Crippen molar-refractivity contribution in [2.75, 3.05) is 0 Å². The molecule has 0 amide bonds. The number of fused-ring (bicyclic) bond motifs is 1. The zero-order valence-electron chi connectivity index (χ0n) is 12.6. The van der Waals surface area contributed by atoms with Crippen LogP contribution in [-0.2, 0) is 5.75 Å². The van der Waals surface area contributed by atoms with Gasteiger partial charge in [-0.15, -0.1) is 15.3 Å². The SMILES string of the molecule is CC(C)CC(N)c1nnc2sc(SCc3ccccc3)nn12. The minimum atomic E-state index is -0.121. The number of aromatic nitrogens is 4. The van der Waals surface area contributed by atoms with Crippen molar-refractivity contribution >= 4 is 28.1 Å². The van der Waals surface area contributed by atoms with E-state index in [0.29, 0.717) is 5.92 Å². The largest absolute Gasteiger partial charge is 0.321 e. The summed E-state index contributed by atoms with van der Waals surface area (Å²) in [4.78, 5) is 0.810. The molecule has 0 aliphatic carbocycles. The quantitative estimate of drug-likeness (QED) is 0.699. The Hall–Kier alpha value is -1.44. The molecule has 0 saturated carbocycles. The van der Waals surface area contributed by atoms with Crippen molar-refractivity contribution in [2.45, 2.75) is 36.4 Å². The Bertz CT molecular complexity index is 735. The van der Waals surface area contributed by atoms with Crippen LogP contribution in [0, 0.1) is 5.92 Å². The smallest absolute Gasteiger partial charge is 0.235 e. The molecule has 1 aromatic carbocycles. The lowest BCUT2D eigenvalue weighted by Gasteiger charge is -2.10. The molecule has 0 aliphatic rings. The summed E-state index contributed by atoms with van der Waals surface area (Å²) in [5.74, 6) is 2.18. The lowest BCUT2D eigenvalue weighted by atomic mass is 10.0. The number of nitrogens with two attached hydrogens (primary N) is 1. The molecule has 3 rings (SSSR count). The molecule has 2 aromatic heterocycles. The minimum Gasteiger partial charge on any atom is -0.321 e. The van der Waals surface area contributed by atoms with Crippen LogP contribution in [0.1, 0.15) is 37.7 Å². The van der Waals surface area contributed by atoms with Gasteiger partial charge in [0.25, 0.3) is 0 Å². The molecule has 2 heterocycles. The van der Waals surface area contributed by atoms with E-state index >= 15 is 0 Å². The number of benzene rings is 1. The third-order valence-electron chi connectivity index (χ3n) is 3.26. The molecule has 22 heavy (non-hydrogen) atoms. The average molecular weight is 333 g/mol. The number of rotatable bonds is 6. The third-order valence-corrected chi connectivity index (χ3v) is 5.36. The molecule has 116 valence electrons. The zero-order chi connectivity index (χ0) is 15.5. The van der Waals surface area contributed by atoms with Crippen LogP contribution < -0.4 is 5.73 Å². The van der Waals surface area contributed by atoms with Gasteiger partial charge in [0.2, 0.25) is 4.96 Å². The molecule has 0 radical (unpaired) electrons. The van der Waals surface area contributed by atoms with Crippen LogP contribution in [0.25, 0.3) is 4.96 Å². The summed E-state index contributed by atoms with van der Waals surface area (Å²) in [7, 11) is 0. The summed E-state index contributed by atoms with van der Waals surface area (Å²) >= 11 is 3.28. The van der Waals surface area contributed by atoms with E-state index in [-0.39, 0.29) is 6.04 Å². The summed E-state index contributed by atoms with van der Waals surface area (Å²) < 4.78 is 2.79. The lowest BCUT2D eigenvalue weighted by molar-refractivity contribution is 0.485. The van der Waals surface area contributed by atoms with Crippen LogP contribution in [-0.4, -0.2) is 19.8 Å². The molecule has 1 unspecified atom stereocenters. The van der Waals surface area contributed by atoms with E-state index in [1.54, 1.807) is 27.6 Å². The maximum Gasteiger partial charge on any atom is 0.235 e. The summed E-state index contributed by atoms with van der Waals surface area (Å²) in [6.45, 7) is 4.31. The van der Waals surface area contributed by atoms with Crippen molar-refractivity contribution < 1.29 is 0 Å². The van der Waals surface area contributed by atoms with Crippen LogP contribution in [0.3, 0.4) is 0 Å². The Morgan fingerprint density at radius 3 is 2.73 bits per heavy atom. The topological polar surface area (TPSA) is 69.1 Å². The van der Waals surface area contributed by atoms with E-state index in [0.717, 1.165) is 27.3 Å². The van der Waals surface area contributed by atoms with Crippen molar-refractivity contribution in [2.24, 2.45) is 11.7 Å². The fourth-order valence-corrected chi connectivity index (χ4v) is 4.08. The van der Waals surface area contributed by atoms with Gasteiger partial charge in [-0.05, 0) is 17.9 Å². The van der Waals surface area contributed by atoms with Crippen LogP contribution in [0.4, 0.5) is 0 Å². The second kappa shape index (κ2) is 6.76. The van der Waals surface area contributed by atoms with Crippen molar-refractivity contribution in [1.82, 2.24) is 19.8 Å². The van der Waals surface area contributed by atoms with Crippen LogP contribution in [0.2, 0.25) is 0 Å². The van der Waals surface area contributed by atoms with Crippen molar-refractivity contribution in [1.29, 1.82) is 0 Å². The maximum absolute atomic E-state index is 6.22. The second-order valence-corrected chi connectivity index (χ2v) is 7.81. The highest BCUT2D eigenvalue weighted by atomic mass is 32.2. The van der Waals surface area contributed by atoms with E-state index in [4.69, 9.17) is 5.73 Å². The third kappa shape index (κ3) is 3.48. The van der Waals surface area contributed by atoms with Crippen molar-refractivity contribution in [3.05, 3.63) is 41.7 Å². The predicted molar refractivity (Wildman–Crippen MR) is 91.0 cm³/mol. The molecule has 2 N–H and O–H groups in total. The second-order valence-electron chi connectivity index (χ2n) is 5.63. The van der Waals surface area contributed by atoms with Gasteiger partial charge in [-0.2, -0.15) is 4.52 Å². The molecule has 0 spiro atoms. The number of hydrogen-bond donors (Lipinski definition) is 1. The highest BCUT2D eigenvalue weighted by Gasteiger charge is 2.18. The molecule has 5 nitrogen and oxygen atoms in total. The van der Waals surface area contributed by atoms with Gasteiger partial charge in [0.1, 0.15) is 0 Å². The monoisotopic (exact) mass is 333 g/mol. The van der Waals surface area contributed by atoms with Gasteiger partial charge in [-0.1, -0.05) is 67.3 Å². The first-order valence-corrected chi connectivity index (χ1v) is 9.08. The van der Waals surface area contributed by atoms with Crippen molar-refractivity contribution in [3.63, 3.8) is 0 Å². The van der Waals surface area contributed by atoms with E-state index in [1.807, 2.05) is 6.07 Å². The van der Waals surface area contributed by atoms with Crippen LogP contribution in [0.5, 0.6) is 0 Å². The number of hydrogen-bond acceptors (Lipinski definition) is 6. The fraction of sp³-hybridized carbons (Fsp3) is 0.400. The highest BCUT2D eigenvalue weighted by Crippen LogP contribution is 2.28.